The fourth-order valence-electron chi connectivity index (χ4n) is 1.38. The van der Waals surface area contributed by atoms with Crippen molar-refractivity contribution >= 4 is 47.7 Å². The summed E-state index contributed by atoms with van der Waals surface area (Å²) in [6.45, 7) is 0. The Hall–Kier alpha value is -1.19. The highest BCUT2D eigenvalue weighted by Gasteiger charge is 2.16. The Labute approximate surface area is 132 Å². The van der Waals surface area contributed by atoms with Gasteiger partial charge in [-0.25, -0.2) is 18.4 Å². The molecule has 0 atom stereocenters. The van der Waals surface area contributed by atoms with Crippen LogP contribution in [0.1, 0.15) is 0 Å². The van der Waals surface area contributed by atoms with E-state index in [-0.39, 0.29) is 10.7 Å². The highest BCUT2D eigenvalue weighted by molar-refractivity contribution is 9.10. The topological polar surface area (TPSA) is 81.2 Å². The molecule has 1 heterocycles. The van der Waals surface area contributed by atoms with E-state index in [2.05, 4.69) is 46.5 Å². The maximum atomic E-state index is 12.2. The van der Waals surface area contributed by atoms with Crippen LogP contribution in [-0.4, -0.2) is 25.5 Å². The highest BCUT2D eigenvalue weighted by atomic mass is 79.9. The molecule has 0 radical (unpaired) electrons. The number of anilines is 1. The van der Waals surface area contributed by atoms with Gasteiger partial charge in [-0.3, -0.25) is 4.72 Å². The van der Waals surface area contributed by atoms with Crippen molar-refractivity contribution in [2.24, 2.45) is 0 Å². The number of halogens is 2. The third kappa shape index (κ3) is 3.47. The molecule has 0 aliphatic rings. The van der Waals surface area contributed by atoms with E-state index >= 15 is 0 Å². The molecule has 0 saturated heterocycles. The van der Waals surface area contributed by atoms with Gasteiger partial charge in [-0.05, 0) is 50.1 Å². The number of ether oxygens (including phenoxy) is 1. The second kappa shape index (κ2) is 6.06. The number of sulfonamides is 1. The van der Waals surface area contributed by atoms with Crippen molar-refractivity contribution in [3.05, 3.63) is 39.7 Å². The average Bonchev–Trinajstić information content (AvgIpc) is 2.41. The Morgan fingerprint density at radius 2 is 1.95 bits per heavy atom. The predicted molar refractivity (Wildman–Crippen MR) is 81.2 cm³/mol. The van der Waals surface area contributed by atoms with Gasteiger partial charge < -0.3 is 4.74 Å². The summed E-state index contributed by atoms with van der Waals surface area (Å²) in [5.41, 5.74) is 0. The lowest BCUT2D eigenvalue weighted by Crippen LogP contribution is -2.14. The number of nitrogens with one attached hydrogen (secondary N) is 1. The number of methoxy groups -OCH3 is 1. The molecule has 0 amide bonds. The molecule has 6 nitrogen and oxygen atoms in total. The van der Waals surface area contributed by atoms with Gasteiger partial charge in [0.25, 0.3) is 10.0 Å². The quantitative estimate of drug-likeness (QED) is 0.819. The average molecular weight is 423 g/mol. The number of aromatic nitrogens is 2. The molecule has 2 aromatic rings. The summed E-state index contributed by atoms with van der Waals surface area (Å²) >= 11 is 6.37. The fraction of sp³-hybridized carbons (Fsp3) is 0.0909. The van der Waals surface area contributed by atoms with Crippen molar-refractivity contribution < 1.29 is 13.2 Å². The summed E-state index contributed by atoms with van der Waals surface area (Å²) in [4.78, 5) is 7.90. The zero-order valence-electron chi connectivity index (χ0n) is 10.2. The molecule has 0 saturated carbocycles. The standard InChI is InChI=1S/C11H9Br2N3O3S/c1-19-9-3-2-7(4-8(9)12)20(17,18)16-11-6-14-10(13)5-15-11/h2-6H,1H3,(H,15,16). The Morgan fingerprint density at radius 1 is 1.20 bits per heavy atom. The Balaban J connectivity index is 2.30. The molecule has 1 N–H and O–H groups in total. The van der Waals surface area contributed by atoms with Crippen LogP contribution < -0.4 is 9.46 Å². The van der Waals surface area contributed by atoms with Crippen molar-refractivity contribution in [2.45, 2.75) is 4.90 Å². The van der Waals surface area contributed by atoms with Crippen LogP contribution in [0.2, 0.25) is 0 Å². The zero-order valence-corrected chi connectivity index (χ0v) is 14.2. The second-order valence-corrected chi connectivity index (χ2v) is 6.98. The van der Waals surface area contributed by atoms with Gasteiger partial charge in [0.15, 0.2) is 5.82 Å². The smallest absolute Gasteiger partial charge is 0.263 e. The molecule has 0 bridgehead atoms. The maximum Gasteiger partial charge on any atom is 0.263 e. The fourth-order valence-corrected chi connectivity index (χ4v) is 3.29. The molecule has 0 fully saturated rings. The van der Waals surface area contributed by atoms with Crippen LogP contribution in [0.3, 0.4) is 0 Å². The van der Waals surface area contributed by atoms with Crippen LogP contribution in [0.25, 0.3) is 0 Å². The van der Waals surface area contributed by atoms with Gasteiger partial charge in [-0.15, -0.1) is 0 Å². The van der Waals surface area contributed by atoms with E-state index in [0.29, 0.717) is 14.8 Å². The minimum absolute atomic E-state index is 0.0925. The molecule has 106 valence electrons. The van der Waals surface area contributed by atoms with E-state index < -0.39 is 10.0 Å². The van der Waals surface area contributed by atoms with Gasteiger partial charge in [0.05, 0.1) is 28.9 Å². The lowest BCUT2D eigenvalue weighted by Gasteiger charge is -2.09. The minimum Gasteiger partial charge on any atom is -0.496 e. The molecule has 9 heteroatoms. The van der Waals surface area contributed by atoms with Gasteiger partial charge >= 0.3 is 0 Å². The summed E-state index contributed by atoms with van der Waals surface area (Å²) in [5.74, 6) is 0.688. The summed E-state index contributed by atoms with van der Waals surface area (Å²) in [7, 11) is -2.22. The van der Waals surface area contributed by atoms with Gasteiger partial charge in [-0.2, -0.15) is 0 Å². The molecule has 2 rings (SSSR count). The summed E-state index contributed by atoms with van der Waals surface area (Å²) in [5, 5.41) is 0. The van der Waals surface area contributed by atoms with Gasteiger partial charge in [0.2, 0.25) is 0 Å². The van der Waals surface area contributed by atoms with Crippen LogP contribution in [0, 0.1) is 0 Å². The van der Waals surface area contributed by atoms with Crippen LogP contribution in [0.5, 0.6) is 5.75 Å². The van der Waals surface area contributed by atoms with E-state index in [1.54, 1.807) is 6.07 Å². The van der Waals surface area contributed by atoms with E-state index in [0.717, 1.165) is 0 Å². The van der Waals surface area contributed by atoms with Gasteiger partial charge in [-0.1, -0.05) is 0 Å². The highest BCUT2D eigenvalue weighted by Crippen LogP contribution is 2.28. The molecule has 0 aliphatic heterocycles. The molecular weight excluding hydrogens is 414 g/mol. The molecule has 0 spiro atoms. The summed E-state index contributed by atoms with van der Waals surface area (Å²) < 4.78 is 32.8. The van der Waals surface area contributed by atoms with Crippen molar-refractivity contribution in [1.29, 1.82) is 0 Å². The molecule has 1 aromatic heterocycles. The van der Waals surface area contributed by atoms with Crippen LogP contribution >= 0.6 is 31.9 Å². The number of hydrogen-bond donors (Lipinski definition) is 1. The summed E-state index contributed by atoms with van der Waals surface area (Å²) in [6.07, 6.45) is 2.72. The third-order valence-electron chi connectivity index (χ3n) is 2.29. The first-order valence-corrected chi connectivity index (χ1v) is 8.33. The Kier molecular flexibility index (Phi) is 4.61. The van der Waals surface area contributed by atoms with Crippen molar-refractivity contribution in [3.63, 3.8) is 0 Å². The molecule has 1 aromatic carbocycles. The summed E-state index contributed by atoms with van der Waals surface area (Å²) in [6, 6.07) is 4.46. The van der Waals surface area contributed by atoms with Crippen LogP contribution in [0.15, 0.2) is 44.6 Å². The zero-order chi connectivity index (χ0) is 14.8. The largest absolute Gasteiger partial charge is 0.496 e. The lowest BCUT2D eigenvalue weighted by molar-refractivity contribution is 0.411. The van der Waals surface area contributed by atoms with E-state index in [1.807, 2.05) is 0 Å². The van der Waals surface area contributed by atoms with Crippen molar-refractivity contribution in [1.82, 2.24) is 9.97 Å². The molecular formula is C11H9Br2N3O3S. The molecule has 20 heavy (non-hydrogen) atoms. The van der Waals surface area contributed by atoms with Gasteiger partial charge in [0.1, 0.15) is 10.4 Å². The molecule has 0 aliphatic carbocycles. The number of nitrogens with zero attached hydrogens (tertiary/aromatic N) is 2. The monoisotopic (exact) mass is 421 g/mol. The van der Waals surface area contributed by atoms with Crippen LogP contribution in [-0.2, 0) is 10.0 Å². The van der Waals surface area contributed by atoms with Gasteiger partial charge in [0, 0.05) is 0 Å². The SMILES string of the molecule is COc1ccc(S(=O)(=O)Nc2cnc(Br)cn2)cc1Br. The number of hydrogen-bond acceptors (Lipinski definition) is 5. The van der Waals surface area contributed by atoms with E-state index in [4.69, 9.17) is 4.74 Å². The van der Waals surface area contributed by atoms with Crippen molar-refractivity contribution in [3.8, 4) is 5.75 Å². The van der Waals surface area contributed by atoms with E-state index in [1.165, 1.54) is 31.6 Å². The normalized spacial score (nSPS) is 11.2. The Morgan fingerprint density at radius 3 is 2.50 bits per heavy atom. The Bertz CT molecular complexity index is 720. The maximum absolute atomic E-state index is 12.2. The van der Waals surface area contributed by atoms with Crippen LogP contribution in [0.4, 0.5) is 5.82 Å². The minimum atomic E-state index is -3.73. The first-order valence-electron chi connectivity index (χ1n) is 5.26. The number of benzene rings is 1. The van der Waals surface area contributed by atoms with Crippen molar-refractivity contribution in [2.75, 3.05) is 11.8 Å². The first-order chi connectivity index (χ1) is 9.42. The molecule has 0 unspecified atom stereocenters. The number of rotatable bonds is 4. The third-order valence-corrected chi connectivity index (χ3v) is 4.67. The second-order valence-electron chi connectivity index (χ2n) is 3.63. The lowest BCUT2D eigenvalue weighted by atomic mass is 10.3. The predicted octanol–water partition coefficient (Wildman–Crippen LogP) is 2.81. The first kappa shape index (κ1) is 15.2. The van der Waals surface area contributed by atoms with E-state index in [9.17, 15) is 8.42 Å².